The molecular formula is C30H58N4O3. The first kappa shape index (κ1) is 35.4. The maximum Gasteiger partial charge on any atom is 0.226 e. The molecule has 3 rings (SSSR count). The monoisotopic (exact) mass is 522 g/mol. The Balaban J connectivity index is 0.000000548. The zero-order chi connectivity index (χ0) is 28.9. The van der Waals surface area contributed by atoms with Crippen molar-refractivity contribution in [1.29, 1.82) is 0 Å². The zero-order valence-electron chi connectivity index (χ0n) is 26.0. The van der Waals surface area contributed by atoms with Crippen molar-refractivity contribution < 1.29 is 14.7 Å². The minimum Gasteiger partial charge on any atom is -0.391 e. The van der Waals surface area contributed by atoms with Gasteiger partial charge in [-0.2, -0.15) is 10.2 Å². The molecule has 3 aliphatic rings. The van der Waals surface area contributed by atoms with Gasteiger partial charge in [-0.3, -0.25) is 9.59 Å². The SMILES string of the molecule is C/C=C(\N=NC)C1CC1.CC.CC(=O)C1CC(O)CN1C(=O)C(C)C(C)(C)C.CC1CNC(C)C(C)C1. The van der Waals surface area contributed by atoms with Gasteiger partial charge in [0.15, 0.2) is 5.78 Å². The number of allylic oxidation sites excluding steroid dienone is 2. The molecule has 2 aliphatic heterocycles. The van der Waals surface area contributed by atoms with E-state index in [0.29, 0.717) is 6.42 Å². The molecule has 0 aromatic carbocycles. The Labute approximate surface area is 228 Å². The largest absolute Gasteiger partial charge is 0.391 e. The number of β-amino-alcohol motifs (C(OH)–C–C–N with tert-alkyl or cyclic N) is 1. The van der Waals surface area contributed by atoms with Crippen LogP contribution in [0.3, 0.4) is 0 Å². The first-order valence-corrected chi connectivity index (χ1v) is 14.4. The topological polar surface area (TPSA) is 94.4 Å². The fourth-order valence-electron chi connectivity index (χ4n) is 4.44. The van der Waals surface area contributed by atoms with Crippen LogP contribution >= 0.6 is 0 Å². The summed E-state index contributed by atoms with van der Waals surface area (Å²) in [5.74, 6) is 2.25. The second-order valence-electron chi connectivity index (χ2n) is 11.9. The summed E-state index contributed by atoms with van der Waals surface area (Å²) in [5, 5.41) is 20.8. The first-order valence-electron chi connectivity index (χ1n) is 14.4. The first-order chi connectivity index (χ1) is 17.2. The van der Waals surface area contributed by atoms with Gasteiger partial charge in [0, 0.05) is 37.9 Å². The summed E-state index contributed by atoms with van der Waals surface area (Å²) in [7, 11) is 1.71. The summed E-state index contributed by atoms with van der Waals surface area (Å²) in [6.45, 7) is 23.8. The lowest BCUT2D eigenvalue weighted by Crippen LogP contribution is -2.45. The van der Waals surface area contributed by atoms with Crippen LogP contribution in [0.25, 0.3) is 0 Å². The number of carbonyl (C=O) groups is 2. The van der Waals surface area contributed by atoms with Crippen LogP contribution in [-0.2, 0) is 9.59 Å². The molecule has 1 saturated carbocycles. The van der Waals surface area contributed by atoms with Crippen LogP contribution < -0.4 is 5.32 Å². The number of ketones is 1. The van der Waals surface area contributed by atoms with Gasteiger partial charge in [-0.1, -0.05) is 61.5 Å². The van der Waals surface area contributed by atoms with E-state index in [9.17, 15) is 14.7 Å². The number of nitrogens with zero attached hydrogens (tertiary/aromatic N) is 3. The number of aliphatic hydroxyl groups is 1. The van der Waals surface area contributed by atoms with Gasteiger partial charge in [0.05, 0.1) is 17.8 Å². The number of Topliss-reactive ketones (excluding diaryl/α,β-unsaturated/α-hetero) is 1. The number of carbonyl (C=O) groups excluding carboxylic acids is 2. The molecule has 1 aliphatic carbocycles. The highest BCUT2D eigenvalue weighted by molar-refractivity contribution is 5.89. The highest BCUT2D eigenvalue weighted by atomic mass is 16.3. The molecule has 7 nitrogen and oxygen atoms in total. The number of hydrogen-bond donors (Lipinski definition) is 2. The molecule has 0 bridgehead atoms. The molecule has 0 radical (unpaired) electrons. The molecule has 2 saturated heterocycles. The third-order valence-corrected chi connectivity index (χ3v) is 7.62. The van der Waals surface area contributed by atoms with E-state index < -0.39 is 12.1 Å². The summed E-state index contributed by atoms with van der Waals surface area (Å²) in [4.78, 5) is 25.3. The van der Waals surface area contributed by atoms with E-state index in [2.05, 4.69) is 36.3 Å². The summed E-state index contributed by atoms with van der Waals surface area (Å²) >= 11 is 0. The maximum atomic E-state index is 12.3. The summed E-state index contributed by atoms with van der Waals surface area (Å²) in [6.07, 6.45) is 5.86. The lowest BCUT2D eigenvalue weighted by atomic mass is 9.81. The molecule has 2 heterocycles. The number of hydrogen-bond acceptors (Lipinski definition) is 6. The van der Waals surface area contributed by atoms with E-state index in [1.54, 1.807) is 11.9 Å². The smallest absolute Gasteiger partial charge is 0.226 e. The Bertz CT molecular complexity index is 740. The molecule has 37 heavy (non-hydrogen) atoms. The standard InChI is InChI=1S/C13H23NO3.C8H17N.C7H12N2.C2H6/c1-8(13(3,4)5)12(17)14-7-10(16)6-11(14)9(2)15;1-6-4-7(2)8(3)9-5-6;1-3-7(9-8-2)6-4-5-6;1-2/h8,10-11,16H,6-7H2,1-5H3;6-9H,4-5H2,1-3H3;3,6H,4-5H2,1-2H3;1-2H3/b;;7-3-,9-8?;. The van der Waals surface area contributed by atoms with Crippen molar-refractivity contribution in [3.8, 4) is 0 Å². The normalized spacial score (nSPS) is 28.7. The van der Waals surface area contributed by atoms with Crippen LogP contribution in [0.2, 0.25) is 0 Å². The number of aliphatic hydroxyl groups excluding tert-OH is 1. The third-order valence-electron chi connectivity index (χ3n) is 7.62. The molecular weight excluding hydrogens is 464 g/mol. The minimum atomic E-state index is -0.569. The van der Waals surface area contributed by atoms with Crippen molar-refractivity contribution in [2.24, 2.45) is 39.3 Å². The van der Waals surface area contributed by atoms with Gasteiger partial charge in [0.2, 0.25) is 5.91 Å². The van der Waals surface area contributed by atoms with Crippen LogP contribution in [0.5, 0.6) is 0 Å². The van der Waals surface area contributed by atoms with Crippen LogP contribution in [0, 0.1) is 29.1 Å². The number of azo groups is 1. The van der Waals surface area contributed by atoms with Crippen LogP contribution in [0.15, 0.2) is 22.0 Å². The van der Waals surface area contributed by atoms with E-state index in [1.807, 2.05) is 54.5 Å². The van der Waals surface area contributed by atoms with Gasteiger partial charge in [-0.25, -0.2) is 0 Å². The van der Waals surface area contributed by atoms with Crippen molar-refractivity contribution in [1.82, 2.24) is 10.2 Å². The van der Waals surface area contributed by atoms with Crippen molar-refractivity contribution >= 4 is 11.7 Å². The molecule has 216 valence electrons. The summed E-state index contributed by atoms with van der Waals surface area (Å²) < 4.78 is 0. The third kappa shape index (κ3) is 12.7. The lowest BCUT2D eigenvalue weighted by Gasteiger charge is -2.32. The van der Waals surface area contributed by atoms with Gasteiger partial charge in [0.1, 0.15) is 0 Å². The van der Waals surface area contributed by atoms with Crippen molar-refractivity contribution in [3.63, 3.8) is 0 Å². The molecule has 1 amide bonds. The predicted molar refractivity (Wildman–Crippen MR) is 154 cm³/mol. The van der Waals surface area contributed by atoms with Gasteiger partial charge in [0.25, 0.3) is 0 Å². The lowest BCUT2D eigenvalue weighted by molar-refractivity contribution is -0.142. The van der Waals surface area contributed by atoms with Crippen LogP contribution in [0.4, 0.5) is 0 Å². The maximum absolute atomic E-state index is 12.3. The fraction of sp³-hybridized carbons (Fsp3) is 0.867. The Morgan fingerprint density at radius 3 is 2.05 bits per heavy atom. The van der Waals surface area contributed by atoms with Crippen LogP contribution in [-0.4, -0.2) is 60.0 Å². The number of amides is 1. The predicted octanol–water partition coefficient (Wildman–Crippen LogP) is 6.27. The molecule has 6 unspecified atom stereocenters. The highest BCUT2D eigenvalue weighted by Gasteiger charge is 2.40. The fourth-order valence-corrected chi connectivity index (χ4v) is 4.44. The molecule has 2 N–H and O–H groups in total. The highest BCUT2D eigenvalue weighted by Crippen LogP contribution is 2.37. The number of rotatable bonds is 4. The van der Waals surface area contributed by atoms with E-state index in [0.717, 1.165) is 29.5 Å². The van der Waals surface area contributed by atoms with Gasteiger partial charge in [-0.15, -0.1) is 0 Å². The van der Waals surface area contributed by atoms with E-state index >= 15 is 0 Å². The van der Waals surface area contributed by atoms with Gasteiger partial charge in [-0.05, 0) is 63.8 Å². The summed E-state index contributed by atoms with van der Waals surface area (Å²) in [5.41, 5.74) is 1.03. The molecule has 6 atom stereocenters. The molecule has 7 heteroatoms. The minimum absolute atomic E-state index is 0.0331. The van der Waals surface area contributed by atoms with E-state index in [1.165, 1.54) is 32.7 Å². The molecule has 0 aromatic heterocycles. The second-order valence-corrected chi connectivity index (χ2v) is 11.9. The molecule has 0 aromatic rings. The quantitative estimate of drug-likeness (QED) is 0.426. The Hall–Kier alpha value is -1.60. The molecule has 0 spiro atoms. The number of likely N-dealkylation sites (tertiary alicyclic amines) is 1. The zero-order valence-corrected chi connectivity index (χ0v) is 26.0. The average Bonchev–Trinajstić information content (AvgIpc) is 3.61. The molecule has 3 fully saturated rings. The van der Waals surface area contributed by atoms with Gasteiger partial charge >= 0.3 is 0 Å². The Morgan fingerprint density at radius 1 is 1.11 bits per heavy atom. The van der Waals surface area contributed by atoms with Crippen molar-refractivity contribution in [2.45, 2.75) is 120 Å². The van der Waals surface area contributed by atoms with Crippen LogP contribution in [0.1, 0.15) is 102 Å². The average molecular weight is 523 g/mol. The Morgan fingerprint density at radius 2 is 1.68 bits per heavy atom. The Kier molecular flexibility index (Phi) is 16.3. The van der Waals surface area contributed by atoms with Crippen molar-refractivity contribution in [3.05, 3.63) is 11.8 Å². The van der Waals surface area contributed by atoms with Crippen molar-refractivity contribution in [2.75, 3.05) is 20.1 Å². The number of nitrogens with one attached hydrogen (secondary N) is 1. The van der Waals surface area contributed by atoms with E-state index in [4.69, 9.17) is 0 Å². The summed E-state index contributed by atoms with van der Waals surface area (Å²) in [6, 6.07) is 0.295. The van der Waals surface area contributed by atoms with E-state index in [-0.39, 0.29) is 29.6 Å². The number of piperidine rings is 1. The van der Waals surface area contributed by atoms with Gasteiger partial charge < -0.3 is 15.3 Å². The second kappa shape index (κ2) is 17.1.